The summed E-state index contributed by atoms with van der Waals surface area (Å²) in [5, 5.41) is 33.3. The number of β-amino-alcohol motifs (C(OH)–C–C–N with tert-alkyl or cyclic N) is 1. The predicted molar refractivity (Wildman–Crippen MR) is 293 cm³/mol. The summed E-state index contributed by atoms with van der Waals surface area (Å²) < 4.78 is 29.0. The molecule has 0 spiro atoms. The number of likely N-dealkylation sites (tertiary alicyclic amines) is 1. The van der Waals surface area contributed by atoms with Crippen LogP contribution in [-0.2, 0) is 25.7 Å². The number of hydrogen-bond acceptors (Lipinski definition) is 15. The van der Waals surface area contributed by atoms with Crippen LogP contribution in [0.4, 0.5) is 16.2 Å². The van der Waals surface area contributed by atoms with Gasteiger partial charge in [0.2, 0.25) is 29.6 Å². The standard InChI is InChI=1S/C56H60ClFN10O8S/c1-7-46(71)66-16-18-67(19-17-66)53-41-27-42(57)49(40-25-37(69)23-34-10-8-9-11-39(34)40)50(58)51(41)62-56(63-53)59-15-14-47(72)65(6)20-21-75-44-24-35(52-33(5)61-30-77-52)12-13-36(44)28-60-54(73)43-26-38(70)29-68(43)55(74)48(31(2)3)45-22-32(4)64-76-45/h7-13,22-25,27,30-31,38,43,48,69-70H,1,14-21,26,28-29H2,2-6H3,(H,60,73)(H,59,62,63)/t38-,43+,48+/m1/s1. The number of thiazole rings is 1. The van der Waals surface area contributed by atoms with Gasteiger partial charge in [0.05, 0.1) is 39.4 Å². The Hall–Kier alpha value is -7.68. The third kappa shape index (κ3) is 11.7. The van der Waals surface area contributed by atoms with Crippen LogP contribution in [0.25, 0.3) is 43.2 Å². The number of carbonyl (C=O) groups excluding carboxylic acids is 4. The highest BCUT2D eigenvalue weighted by molar-refractivity contribution is 7.13. The van der Waals surface area contributed by atoms with Crippen molar-refractivity contribution in [2.45, 2.75) is 65.1 Å². The zero-order valence-corrected chi connectivity index (χ0v) is 45.0. The van der Waals surface area contributed by atoms with Gasteiger partial charge in [0.25, 0.3) is 0 Å². The highest BCUT2D eigenvalue weighted by atomic mass is 35.5. The third-order valence-electron chi connectivity index (χ3n) is 14.1. The Morgan fingerprint density at radius 2 is 1.82 bits per heavy atom. The highest BCUT2D eigenvalue weighted by Crippen LogP contribution is 2.43. The van der Waals surface area contributed by atoms with Crippen LogP contribution in [0.15, 0.2) is 89.4 Å². The van der Waals surface area contributed by atoms with Crippen molar-refractivity contribution >= 4 is 80.0 Å². The molecule has 2 fully saturated rings. The van der Waals surface area contributed by atoms with Gasteiger partial charge in [0, 0.05) is 88.3 Å². The van der Waals surface area contributed by atoms with E-state index >= 15 is 4.39 Å². The lowest BCUT2D eigenvalue weighted by molar-refractivity contribution is -0.141. The molecule has 21 heteroatoms. The zero-order chi connectivity index (χ0) is 54.7. The van der Waals surface area contributed by atoms with Gasteiger partial charge in [0.1, 0.15) is 47.2 Å². The van der Waals surface area contributed by atoms with Crippen molar-refractivity contribution in [3.8, 4) is 33.1 Å². The lowest BCUT2D eigenvalue weighted by atomic mass is 9.91. The van der Waals surface area contributed by atoms with E-state index < -0.39 is 29.8 Å². The van der Waals surface area contributed by atoms with Gasteiger partial charge >= 0.3 is 0 Å². The van der Waals surface area contributed by atoms with E-state index in [1.807, 2.05) is 68.1 Å². The van der Waals surface area contributed by atoms with Crippen LogP contribution in [0.5, 0.6) is 11.5 Å². The van der Waals surface area contributed by atoms with E-state index in [2.05, 4.69) is 32.3 Å². The monoisotopic (exact) mass is 1090 g/mol. The third-order valence-corrected chi connectivity index (χ3v) is 15.3. The number of ether oxygens (including phenoxy) is 1. The van der Waals surface area contributed by atoms with Crippen LogP contribution < -0.4 is 20.3 Å². The maximum absolute atomic E-state index is 17.2. The Bertz CT molecular complexity index is 3380. The SMILES string of the molecule is C=CC(=O)N1CCN(c2nc(NCCC(=O)N(C)CCOc3cc(-c4scnc4C)ccc3CNC(=O)[C@@H]3C[C@@H](O)CN3C(=O)[C@H](c3cc(C)no3)C(C)C)nc3c(F)c(-c4cc(O)cc5ccccc45)c(Cl)cc23)CC1. The summed E-state index contributed by atoms with van der Waals surface area (Å²) >= 11 is 8.40. The number of hydrogen-bond donors (Lipinski definition) is 4. The Labute approximate surface area is 453 Å². The molecule has 0 bridgehead atoms. The van der Waals surface area contributed by atoms with Crippen molar-refractivity contribution in [2.24, 2.45) is 5.92 Å². The first-order valence-corrected chi connectivity index (χ1v) is 26.7. The van der Waals surface area contributed by atoms with E-state index in [-0.39, 0.29) is 97.1 Å². The first kappa shape index (κ1) is 54.1. The number of nitrogens with one attached hydrogen (secondary N) is 2. The number of fused-ring (bicyclic) bond motifs is 2. The highest BCUT2D eigenvalue weighted by Gasteiger charge is 2.43. The molecule has 5 heterocycles. The topological polar surface area (TPSA) is 220 Å². The number of aliphatic hydroxyl groups excluding tert-OH is 1. The van der Waals surface area contributed by atoms with E-state index in [0.29, 0.717) is 76.5 Å². The van der Waals surface area contributed by atoms with Gasteiger partial charge < -0.3 is 49.7 Å². The van der Waals surface area contributed by atoms with Gasteiger partial charge in [-0.2, -0.15) is 4.98 Å². The molecule has 4 aromatic carbocycles. The van der Waals surface area contributed by atoms with Gasteiger partial charge in [-0.05, 0) is 72.0 Å². The minimum atomic E-state index is -0.919. The molecule has 2 aliphatic heterocycles. The quantitative estimate of drug-likeness (QED) is 0.0602. The number of phenols is 1. The molecule has 2 aliphatic rings. The van der Waals surface area contributed by atoms with Gasteiger partial charge in [0.15, 0.2) is 5.82 Å². The Morgan fingerprint density at radius 3 is 2.53 bits per heavy atom. The molecule has 77 heavy (non-hydrogen) atoms. The number of aliphatic hydroxyl groups is 1. The number of amides is 4. The van der Waals surface area contributed by atoms with E-state index in [4.69, 9.17) is 25.8 Å². The normalized spacial score (nSPS) is 16.0. The molecule has 4 N–H and O–H groups in total. The zero-order valence-electron chi connectivity index (χ0n) is 43.4. The van der Waals surface area contributed by atoms with Crippen LogP contribution in [-0.4, -0.2) is 140 Å². The second kappa shape index (κ2) is 23.3. The number of piperazine rings is 1. The van der Waals surface area contributed by atoms with Crippen LogP contribution in [0, 0.1) is 25.6 Å². The molecular weight excluding hydrogens is 1030 g/mol. The fourth-order valence-electron chi connectivity index (χ4n) is 10.0. The predicted octanol–water partition coefficient (Wildman–Crippen LogP) is 7.87. The average Bonchev–Trinajstić information content (AvgIpc) is 4.18. The first-order valence-electron chi connectivity index (χ1n) is 25.4. The Balaban J connectivity index is 0.882. The molecule has 4 amide bonds. The summed E-state index contributed by atoms with van der Waals surface area (Å²) in [5.41, 5.74) is 5.18. The molecule has 9 rings (SSSR count). The fourth-order valence-corrected chi connectivity index (χ4v) is 11.1. The largest absolute Gasteiger partial charge is 0.508 e. The van der Waals surface area contributed by atoms with Crippen molar-refractivity contribution in [1.82, 2.24) is 40.1 Å². The second-order valence-corrected chi connectivity index (χ2v) is 20.9. The van der Waals surface area contributed by atoms with Gasteiger partial charge in [-0.15, -0.1) is 11.3 Å². The van der Waals surface area contributed by atoms with Gasteiger partial charge in [-0.3, -0.25) is 19.2 Å². The Kier molecular flexibility index (Phi) is 16.4. The number of halogens is 2. The minimum absolute atomic E-state index is 0.00150. The lowest BCUT2D eigenvalue weighted by Gasteiger charge is -2.35. The summed E-state index contributed by atoms with van der Waals surface area (Å²) in [5.74, 6) is -1.45. The van der Waals surface area contributed by atoms with Crippen LogP contribution in [0.2, 0.25) is 5.02 Å². The molecule has 7 aromatic rings. The fraction of sp³-hybridized carbons (Fsp3) is 0.357. The maximum Gasteiger partial charge on any atom is 0.246 e. The summed E-state index contributed by atoms with van der Waals surface area (Å²) in [6.07, 6.45) is 0.472. The average molecular weight is 1090 g/mol. The number of aryl methyl sites for hydroxylation is 2. The molecular formula is C56H60ClFN10O8S. The molecule has 18 nitrogen and oxygen atoms in total. The molecule has 3 aromatic heterocycles. The van der Waals surface area contributed by atoms with Gasteiger partial charge in [-0.1, -0.05) is 73.6 Å². The molecule has 0 saturated carbocycles. The number of carbonyl (C=O) groups is 4. The summed E-state index contributed by atoms with van der Waals surface area (Å²) in [4.78, 5) is 75.4. The maximum atomic E-state index is 17.2. The molecule has 0 aliphatic carbocycles. The molecule has 0 unspecified atom stereocenters. The van der Waals surface area contributed by atoms with Crippen LogP contribution in [0.1, 0.15) is 55.3 Å². The van der Waals surface area contributed by atoms with E-state index in [0.717, 1.165) is 16.1 Å². The first-order chi connectivity index (χ1) is 37.0. The van der Waals surface area contributed by atoms with Crippen molar-refractivity contribution in [2.75, 3.05) is 69.7 Å². The van der Waals surface area contributed by atoms with Crippen molar-refractivity contribution in [1.29, 1.82) is 0 Å². The van der Waals surface area contributed by atoms with E-state index in [1.54, 1.807) is 42.6 Å². The van der Waals surface area contributed by atoms with Crippen molar-refractivity contribution in [3.05, 3.63) is 118 Å². The van der Waals surface area contributed by atoms with Crippen molar-refractivity contribution < 1.29 is 43.0 Å². The number of anilines is 2. The van der Waals surface area contributed by atoms with E-state index in [9.17, 15) is 29.4 Å². The second-order valence-electron chi connectivity index (χ2n) is 19.7. The summed E-state index contributed by atoms with van der Waals surface area (Å²) in [6.45, 7) is 13.0. The number of aromatic hydroxyl groups is 1. The minimum Gasteiger partial charge on any atom is -0.508 e. The number of benzene rings is 4. The van der Waals surface area contributed by atoms with Crippen LogP contribution >= 0.6 is 22.9 Å². The van der Waals surface area contributed by atoms with Crippen molar-refractivity contribution in [3.63, 3.8) is 0 Å². The molecule has 3 atom stereocenters. The van der Waals surface area contributed by atoms with Gasteiger partial charge in [-0.25, -0.2) is 14.4 Å². The summed E-state index contributed by atoms with van der Waals surface area (Å²) in [7, 11) is 1.66. The number of rotatable bonds is 18. The number of likely N-dealkylation sites (N-methyl/N-ethyl adjacent to an activating group) is 1. The number of phenolic OH excluding ortho intramolecular Hbond substituents is 1. The van der Waals surface area contributed by atoms with E-state index in [1.165, 1.54) is 33.3 Å². The molecule has 2 saturated heterocycles. The number of nitrogens with zero attached hydrogens (tertiary/aromatic N) is 8. The molecule has 0 radical (unpaired) electrons. The molecule has 402 valence electrons. The lowest BCUT2D eigenvalue weighted by Crippen LogP contribution is -2.48. The smallest absolute Gasteiger partial charge is 0.246 e. The van der Waals surface area contributed by atoms with Crippen LogP contribution in [0.3, 0.4) is 0 Å². The number of aromatic nitrogens is 4. The Morgan fingerprint density at radius 1 is 1.04 bits per heavy atom. The summed E-state index contributed by atoms with van der Waals surface area (Å²) in [6, 6.07) is 18.4.